The van der Waals surface area contributed by atoms with Crippen LogP contribution in [0, 0.1) is 0 Å². The molecule has 0 aliphatic heterocycles. The van der Waals surface area contributed by atoms with Crippen LogP contribution in [0.4, 0.5) is 0 Å². The molecule has 15 heavy (non-hydrogen) atoms. The van der Waals surface area contributed by atoms with Crippen LogP contribution in [0.2, 0.25) is 0 Å². The maximum Gasteiger partial charge on any atom is 0.0587 e. The summed E-state index contributed by atoms with van der Waals surface area (Å²) in [4.78, 5) is 1.29. The van der Waals surface area contributed by atoms with Crippen LogP contribution in [0.1, 0.15) is 11.8 Å². The van der Waals surface area contributed by atoms with Gasteiger partial charge in [0.2, 0.25) is 0 Å². The first-order chi connectivity index (χ1) is 7.22. The summed E-state index contributed by atoms with van der Waals surface area (Å²) in [6.45, 7) is 4.71. The van der Waals surface area contributed by atoms with Gasteiger partial charge in [0.25, 0.3) is 0 Å². The largest absolute Gasteiger partial charge is 0.383 e. The van der Waals surface area contributed by atoms with Crippen molar-refractivity contribution in [2.75, 3.05) is 26.8 Å². The van der Waals surface area contributed by atoms with E-state index in [1.54, 1.807) is 18.4 Å². The van der Waals surface area contributed by atoms with Crippen LogP contribution in [0.15, 0.2) is 21.5 Å². The topological polar surface area (TPSA) is 21.3 Å². The highest BCUT2D eigenvalue weighted by Gasteiger charge is 1.95. The predicted molar refractivity (Wildman–Crippen MR) is 70.4 cm³/mol. The van der Waals surface area contributed by atoms with Crippen molar-refractivity contribution in [1.29, 1.82) is 0 Å². The highest BCUT2D eigenvalue weighted by atomic mass is 79.9. The summed E-state index contributed by atoms with van der Waals surface area (Å²) in [6.07, 6.45) is 2.20. The Labute approximate surface area is 103 Å². The van der Waals surface area contributed by atoms with Crippen LogP contribution >= 0.6 is 27.3 Å². The molecule has 1 aromatic rings. The minimum atomic E-state index is 0.762. The smallest absolute Gasteiger partial charge is 0.0587 e. The Morgan fingerprint density at radius 2 is 2.47 bits per heavy atom. The maximum atomic E-state index is 4.96. The van der Waals surface area contributed by atoms with E-state index in [4.69, 9.17) is 4.74 Å². The Hall–Kier alpha value is -0.160. The fraction of sp³-hybridized carbons (Fsp3) is 0.455. The third-order valence-corrected chi connectivity index (χ3v) is 3.50. The molecule has 0 spiro atoms. The zero-order chi connectivity index (χ0) is 11.1. The molecule has 0 aromatic carbocycles. The van der Waals surface area contributed by atoms with Crippen molar-refractivity contribution in [2.24, 2.45) is 0 Å². The van der Waals surface area contributed by atoms with Gasteiger partial charge in [-0.2, -0.15) is 0 Å². The third-order valence-electron chi connectivity index (χ3n) is 1.86. The molecule has 1 aromatic heterocycles. The lowest BCUT2D eigenvalue weighted by atomic mass is 10.2. The summed E-state index contributed by atoms with van der Waals surface area (Å²) in [7, 11) is 1.72. The molecule has 0 unspecified atom stereocenters. The molecule has 4 heteroatoms. The minimum absolute atomic E-state index is 0.762. The molecule has 0 aliphatic rings. The second kappa shape index (κ2) is 7.17. The lowest BCUT2D eigenvalue weighted by Crippen LogP contribution is -2.20. The Balaban J connectivity index is 2.33. The van der Waals surface area contributed by atoms with Gasteiger partial charge >= 0.3 is 0 Å². The van der Waals surface area contributed by atoms with Gasteiger partial charge in [-0.05, 0) is 35.0 Å². The number of hydrogen-bond acceptors (Lipinski definition) is 3. The van der Waals surface area contributed by atoms with E-state index >= 15 is 0 Å². The van der Waals surface area contributed by atoms with Gasteiger partial charge in [-0.3, -0.25) is 0 Å². The highest BCUT2D eigenvalue weighted by Crippen LogP contribution is 2.21. The van der Waals surface area contributed by atoms with Crippen molar-refractivity contribution in [1.82, 2.24) is 5.32 Å². The van der Waals surface area contributed by atoms with Gasteiger partial charge in [-0.1, -0.05) is 5.57 Å². The van der Waals surface area contributed by atoms with E-state index in [-0.39, 0.29) is 0 Å². The Morgan fingerprint density at radius 3 is 3.07 bits per heavy atom. The average molecular weight is 290 g/mol. The van der Waals surface area contributed by atoms with Gasteiger partial charge in [-0.25, -0.2) is 0 Å². The van der Waals surface area contributed by atoms with Crippen LogP contribution in [-0.4, -0.2) is 26.8 Å². The molecule has 0 bridgehead atoms. The third kappa shape index (κ3) is 5.47. The van der Waals surface area contributed by atoms with Crippen LogP contribution in [0.3, 0.4) is 0 Å². The fourth-order valence-electron chi connectivity index (χ4n) is 1.16. The number of thiophene rings is 1. The SMILES string of the molecule is COCCNCC(C)=Cc1cc(Br)cs1. The first kappa shape index (κ1) is 12.9. The van der Waals surface area contributed by atoms with Crippen molar-refractivity contribution >= 4 is 33.3 Å². The number of hydrogen-bond donors (Lipinski definition) is 1. The first-order valence-corrected chi connectivity index (χ1v) is 6.50. The highest BCUT2D eigenvalue weighted by molar-refractivity contribution is 9.10. The van der Waals surface area contributed by atoms with Crippen LogP contribution in [0.25, 0.3) is 6.08 Å². The summed E-state index contributed by atoms with van der Waals surface area (Å²) in [5, 5.41) is 5.41. The van der Waals surface area contributed by atoms with E-state index in [1.807, 2.05) is 0 Å². The molecule has 84 valence electrons. The second-order valence-corrected chi connectivity index (χ2v) is 5.19. The van der Waals surface area contributed by atoms with Gasteiger partial charge in [0, 0.05) is 34.9 Å². The summed E-state index contributed by atoms with van der Waals surface area (Å²) in [5.74, 6) is 0. The fourth-order valence-corrected chi connectivity index (χ4v) is 2.62. The van der Waals surface area contributed by atoms with Crippen LogP contribution in [-0.2, 0) is 4.74 Å². The van der Waals surface area contributed by atoms with Crippen molar-refractivity contribution < 1.29 is 4.74 Å². The standard InChI is InChI=1S/C11H16BrNOS/c1-9(7-13-3-4-14-2)5-11-6-10(12)8-15-11/h5-6,8,13H,3-4,7H2,1-2H3. The summed E-state index contributed by atoms with van der Waals surface area (Å²) >= 11 is 5.19. The summed E-state index contributed by atoms with van der Waals surface area (Å²) in [5.41, 5.74) is 1.33. The summed E-state index contributed by atoms with van der Waals surface area (Å²) in [6, 6.07) is 2.13. The molecule has 0 amide bonds. The number of methoxy groups -OCH3 is 1. The molecule has 0 saturated heterocycles. The second-order valence-electron chi connectivity index (χ2n) is 3.33. The average Bonchev–Trinajstić information content (AvgIpc) is 2.59. The van der Waals surface area contributed by atoms with E-state index in [0.29, 0.717) is 0 Å². The van der Waals surface area contributed by atoms with E-state index in [9.17, 15) is 0 Å². The minimum Gasteiger partial charge on any atom is -0.383 e. The van der Waals surface area contributed by atoms with E-state index < -0.39 is 0 Å². The van der Waals surface area contributed by atoms with Gasteiger partial charge < -0.3 is 10.1 Å². The van der Waals surface area contributed by atoms with Gasteiger partial charge in [0.1, 0.15) is 0 Å². The molecule has 1 heterocycles. The number of rotatable bonds is 6. The van der Waals surface area contributed by atoms with Gasteiger partial charge in [-0.15, -0.1) is 11.3 Å². The van der Waals surface area contributed by atoms with Crippen LogP contribution in [0.5, 0.6) is 0 Å². The van der Waals surface area contributed by atoms with Crippen molar-refractivity contribution in [3.05, 3.63) is 26.4 Å². The number of halogens is 1. The Bertz CT molecular complexity index is 322. The van der Waals surface area contributed by atoms with E-state index in [1.165, 1.54) is 10.5 Å². The van der Waals surface area contributed by atoms with E-state index in [0.717, 1.165) is 24.2 Å². The van der Waals surface area contributed by atoms with Gasteiger partial charge in [0.15, 0.2) is 0 Å². The number of nitrogens with one attached hydrogen (secondary N) is 1. The molecule has 1 rings (SSSR count). The Kier molecular flexibility index (Phi) is 6.17. The quantitative estimate of drug-likeness (QED) is 0.813. The predicted octanol–water partition coefficient (Wildman–Crippen LogP) is 3.15. The zero-order valence-corrected chi connectivity index (χ0v) is 11.5. The molecule has 0 aliphatic carbocycles. The van der Waals surface area contributed by atoms with Gasteiger partial charge in [0.05, 0.1) is 6.61 Å². The van der Waals surface area contributed by atoms with Crippen molar-refractivity contribution in [3.63, 3.8) is 0 Å². The molecule has 0 atom stereocenters. The lowest BCUT2D eigenvalue weighted by Gasteiger charge is -2.03. The summed E-state index contributed by atoms with van der Waals surface area (Å²) < 4.78 is 6.11. The maximum absolute atomic E-state index is 4.96. The first-order valence-electron chi connectivity index (χ1n) is 4.83. The van der Waals surface area contributed by atoms with Crippen molar-refractivity contribution in [2.45, 2.75) is 6.92 Å². The zero-order valence-electron chi connectivity index (χ0n) is 9.05. The molecule has 0 saturated carbocycles. The number of ether oxygens (including phenoxy) is 1. The molecular weight excluding hydrogens is 274 g/mol. The molecule has 0 radical (unpaired) electrons. The van der Waals surface area contributed by atoms with E-state index in [2.05, 4.69) is 45.7 Å². The molecule has 1 N–H and O–H groups in total. The Morgan fingerprint density at radius 1 is 1.67 bits per heavy atom. The molecular formula is C11H16BrNOS. The molecule has 2 nitrogen and oxygen atoms in total. The molecule has 0 fully saturated rings. The lowest BCUT2D eigenvalue weighted by molar-refractivity contribution is 0.200. The van der Waals surface area contributed by atoms with Crippen molar-refractivity contribution in [3.8, 4) is 0 Å². The normalized spacial score (nSPS) is 12.1. The monoisotopic (exact) mass is 289 g/mol. The van der Waals surface area contributed by atoms with Crippen LogP contribution < -0.4 is 5.32 Å².